The zero-order valence-electron chi connectivity index (χ0n) is 23.3. The van der Waals surface area contributed by atoms with Crippen molar-refractivity contribution >= 4 is 5.91 Å². The van der Waals surface area contributed by atoms with Crippen LogP contribution in [-0.2, 0) is 6.61 Å². The Kier molecular flexibility index (Phi) is 15.8. The van der Waals surface area contributed by atoms with Crippen LogP contribution in [0.3, 0.4) is 0 Å². The smallest absolute Gasteiger partial charge is 0.286 e. The van der Waals surface area contributed by atoms with E-state index in [0.29, 0.717) is 24.7 Å². The van der Waals surface area contributed by atoms with E-state index in [1.165, 1.54) is 96.3 Å². The van der Waals surface area contributed by atoms with Gasteiger partial charge < -0.3 is 14.5 Å². The van der Waals surface area contributed by atoms with Gasteiger partial charge in [-0.1, -0.05) is 121 Å². The number of nitrogens with one attached hydrogen (secondary N) is 1. The molecule has 202 valence electrons. The van der Waals surface area contributed by atoms with Gasteiger partial charge in [0.05, 0.1) is 0 Å². The molecule has 4 nitrogen and oxygen atoms in total. The summed E-state index contributed by atoms with van der Waals surface area (Å²) in [6.45, 7) is 7.36. The number of carbonyl (C=O) groups excluding carboxylic acids is 1. The molecule has 0 bridgehead atoms. The summed E-state index contributed by atoms with van der Waals surface area (Å²) in [6, 6.07) is 9.62. The van der Waals surface area contributed by atoms with Gasteiger partial charge in [-0.15, -0.1) is 0 Å². The number of para-hydroxylation sites is 1. The Hall–Kier alpha value is -2.23. The second kappa shape index (κ2) is 19.0. The molecule has 0 aliphatic rings. The van der Waals surface area contributed by atoms with Crippen LogP contribution >= 0.6 is 0 Å². The third-order valence-electron chi connectivity index (χ3n) is 6.97. The minimum Gasteiger partial charge on any atom is -0.485 e. The fourth-order valence-corrected chi connectivity index (χ4v) is 4.71. The summed E-state index contributed by atoms with van der Waals surface area (Å²) in [4.78, 5) is 12.4. The number of benzene rings is 1. The van der Waals surface area contributed by atoms with Crippen molar-refractivity contribution in [1.29, 1.82) is 0 Å². The summed E-state index contributed by atoms with van der Waals surface area (Å²) in [7, 11) is 0. The first kappa shape index (κ1) is 30.0. The predicted molar refractivity (Wildman–Crippen MR) is 151 cm³/mol. The van der Waals surface area contributed by atoms with Gasteiger partial charge in [0.25, 0.3) is 5.91 Å². The molecule has 4 heteroatoms. The monoisotopic (exact) mass is 497 g/mol. The lowest BCUT2D eigenvalue weighted by molar-refractivity contribution is 0.0921. The molecule has 0 unspecified atom stereocenters. The molecule has 1 aromatic carbocycles. The van der Waals surface area contributed by atoms with Crippen LogP contribution in [0.5, 0.6) is 5.75 Å². The number of furan rings is 1. The third-order valence-corrected chi connectivity index (χ3v) is 6.97. The number of amides is 1. The normalized spacial score (nSPS) is 11.1. The van der Waals surface area contributed by atoms with Gasteiger partial charge in [-0.05, 0) is 43.5 Å². The van der Waals surface area contributed by atoms with E-state index in [2.05, 4.69) is 12.2 Å². The van der Waals surface area contributed by atoms with Crippen LogP contribution in [0.1, 0.15) is 137 Å². The Morgan fingerprint density at radius 2 is 1.22 bits per heavy atom. The molecule has 1 N–H and O–H groups in total. The predicted octanol–water partition coefficient (Wildman–Crippen LogP) is 9.47. The summed E-state index contributed by atoms with van der Waals surface area (Å²) in [5.74, 6) is 1.74. The van der Waals surface area contributed by atoms with Gasteiger partial charge in [0.1, 0.15) is 18.1 Å². The van der Waals surface area contributed by atoms with Crippen LogP contribution < -0.4 is 10.1 Å². The van der Waals surface area contributed by atoms with Crippen molar-refractivity contribution in [3.8, 4) is 5.75 Å². The lowest BCUT2D eigenvalue weighted by atomic mass is 10.0. The highest BCUT2D eigenvalue weighted by molar-refractivity contribution is 5.91. The van der Waals surface area contributed by atoms with Gasteiger partial charge in [0.15, 0.2) is 5.76 Å². The highest BCUT2D eigenvalue weighted by atomic mass is 16.5. The number of carbonyl (C=O) groups is 1. The first-order valence-corrected chi connectivity index (χ1v) is 14.7. The zero-order chi connectivity index (χ0) is 25.8. The molecule has 1 amide bonds. The van der Waals surface area contributed by atoms with Gasteiger partial charge in [-0.3, -0.25) is 4.79 Å². The Bertz CT molecular complexity index is 821. The van der Waals surface area contributed by atoms with E-state index in [0.717, 1.165) is 23.3 Å². The largest absolute Gasteiger partial charge is 0.485 e. The Balaban J connectivity index is 1.42. The van der Waals surface area contributed by atoms with Gasteiger partial charge in [-0.25, -0.2) is 0 Å². The van der Waals surface area contributed by atoms with E-state index in [1.807, 2.05) is 38.1 Å². The molecule has 0 spiro atoms. The van der Waals surface area contributed by atoms with Crippen LogP contribution in [0, 0.1) is 13.8 Å². The standard InChI is InChI=1S/C32H51NO3/c1-4-5-6-7-8-9-10-11-12-13-14-15-16-17-18-19-25-33-32(34)30-24-23-29(36-30)26-35-31-27(2)21-20-22-28(31)3/h20-24H,4-19,25-26H2,1-3H3,(H,33,34). The molecular weight excluding hydrogens is 446 g/mol. The van der Waals surface area contributed by atoms with E-state index in [9.17, 15) is 4.79 Å². The highest BCUT2D eigenvalue weighted by Gasteiger charge is 2.12. The maximum Gasteiger partial charge on any atom is 0.286 e. The van der Waals surface area contributed by atoms with Crippen LogP contribution in [0.2, 0.25) is 0 Å². The number of unbranched alkanes of at least 4 members (excludes halogenated alkanes) is 15. The molecule has 1 aromatic heterocycles. The first-order valence-electron chi connectivity index (χ1n) is 14.7. The van der Waals surface area contributed by atoms with Crippen LogP contribution in [0.25, 0.3) is 0 Å². The van der Waals surface area contributed by atoms with Gasteiger partial charge in [-0.2, -0.15) is 0 Å². The lowest BCUT2D eigenvalue weighted by Crippen LogP contribution is -2.23. The number of hydrogen-bond donors (Lipinski definition) is 1. The quantitative estimate of drug-likeness (QED) is 0.175. The second-order valence-electron chi connectivity index (χ2n) is 10.3. The van der Waals surface area contributed by atoms with Crippen molar-refractivity contribution in [1.82, 2.24) is 5.32 Å². The van der Waals surface area contributed by atoms with Crippen molar-refractivity contribution in [3.63, 3.8) is 0 Å². The Morgan fingerprint density at radius 1 is 0.722 bits per heavy atom. The topological polar surface area (TPSA) is 51.5 Å². The summed E-state index contributed by atoms with van der Waals surface area (Å²) in [5, 5.41) is 2.98. The average Bonchev–Trinajstić information content (AvgIpc) is 3.35. The molecule has 2 aromatic rings. The average molecular weight is 498 g/mol. The van der Waals surface area contributed by atoms with Crippen molar-refractivity contribution in [3.05, 3.63) is 53.0 Å². The fraction of sp³-hybridized carbons (Fsp3) is 0.656. The van der Waals surface area contributed by atoms with Crippen molar-refractivity contribution in [2.24, 2.45) is 0 Å². The summed E-state index contributed by atoms with van der Waals surface area (Å²) < 4.78 is 11.6. The van der Waals surface area contributed by atoms with E-state index < -0.39 is 0 Å². The molecule has 0 saturated heterocycles. The third kappa shape index (κ3) is 12.6. The molecule has 36 heavy (non-hydrogen) atoms. The minimum absolute atomic E-state index is 0.144. The summed E-state index contributed by atoms with van der Waals surface area (Å²) in [5.41, 5.74) is 2.19. The SMILES string of the molecule is CCCCCCCCCCCCCCCCCCNC(=O)c1ccc(COc2c(C)cccc2C)o1. The van der Waals surface area contributed by atoms with Crippen molar-refractivity contribution < 1.29 is 13.9 Å². The van der Waals surface area contributed by atoms with Crippen molar-refractivity contribution in [2.45, 2.75) is 130 Å². The molecule has 1 heterocycles. The molecule has 0 aliphatic heterocycles. The van der Waals surface area contributed by atoms with Crippen LogP contribution in [0.15, 0.2) is 34.7 Å². The van der Waals surface area contributed by atoms with E-state index in [4.69, 9.17) is 9.15 Å². The maximum atomic E-state index is 12.4. The van der Waals surface area contributed by atoms with Gasteiger partial charge in [0, 0.05) is 6.54 Å². The number of rotatable bonds is 21. The second-order valence-corrected chi connectivity index (χ2v) is 10.3. The lowest BCUT2D eigenvalue weighted by Gasteiger charge is -2.10. The van der Waals surface area contributed by atoms with Crippen molar-refractivity contribution in [2.75, 3.05) is 6.54 Å². The molecule has 2 rings (SSSR count). The number of hydrogen-bond acceptors (Lipinski definition) is 3. The maximum absolute atomic E-state index is 12.4. The number of ether oxygens (including phenoxy) is 1. The summed E-state index contributed by atoms with van der Waals surface area (Å²) in [6.07, 6.45) is 21.6. The van der Waals surface area contributed by atoms with E-state index in [-0.39, 0.29) is 5.91 Å². The van der Waals surface area contributed by atoms with Crippen LogP contribution in [0.4, 0.5) is 0 Å². The van der Waals surface area contributed by atoms with E-state index in [1.54, 1.807) is 6.07 Å². The first-order chi connectivity index (χ1) is 17.6. The highest BCUT2D eigenvalue weighted by Crippen LogP contribution is 2.24. The molecular formula is C32H51NO3. The van der Waals surface area contributed by atoms with Gasteiger partial charge >= 0.3 is 0 Å². The van der Waals surface area contributed by atoms with Gasteiger partial charge in [0.2, 0.25) is 0 Å². The zero-order valence-corrected chi connectivity index (χ0v) is 23.3. The van der Waals surface area contributed by atoms with E-state index >= 15 is 0 Å². The number of aryl methyl sites for hydroxylation is 2. The molecule has 0 atom stereocenters. The molecule has 0 fully saturated rings. The Morgan fingerprint density at radius 3 is 1.75 bits per heavy atom. The van der Waals surface area contributed by atoms with Crippen LogP contribution in [-0.4, -0.2) is 12.5 Å². The minimum atomic E-state index is -0.144. The molecule has 0 saturated carbocycles. The fourth-order valence-electron chi connectivity index (χ4n) is 4.71. The molecule has 0 radical (unpaired) electrons. The summed E-state index contributed by atoms with van der Waals surface area (Å²) >= 11 is 0. The Labute approximate surface area is 220 Å². The molecule has 0 aliphatic carbocycles.